The summed E-state index contributed by atoms with van der Waals surface area (Å²) in [4.78, 5) is 56.4. The summed E-state index contributed by atoms with van der Waals surface area (Å²) in [6, 6.07) is 51.0. The Morgan fingerprint density at radius 3 is 1.39 bits per heavy atom. The molecule has 2 fully saturated rings. The zero-order chi connectivity index (χ0) is 50.1. The Balaban J connectivity index is 1.22. The van der Waals surface area contributed by atoms with Crippen molar-refractivity contribution in [2.24, 2.45) is 0 Å². The Kier molecular flexibility index (Phi) is 18.2. The highest BCUT2D eigenvalue weighted by atomic mass is 16.8. The van der Waals surface area contributed by atoms with Crippen LogP contribution in [0.5, 0.6) is 0 Å². The van der Waals surface area contributed by atoms with Gasteiger partial charge in [0.2, 0.25) is 0 Å². The molecule has 0 aliphatic carbocycles. The summed E-state index contributed by atoms with van der Waals surface area (Å²) in [7, 11) is 0. The zero-order valence-electron chi connectivity index (χ0n) is 39.1. The van der Waals surface area contributed by atoms with Crippen LogP contribution in [0.1, 0.15) is 52.6 Å². The van der Waals surface area contributed by atoms with E-state index in [2.05, 4.69) is 6.58 Å². The van der Waals surface area contributed by atoms with Crippen molar-refractivity contribution in [1.82, 2.24) is 0 Å². The minimum absolute atomic E-state index is 0.0276. The van der Waals surface area contributed by atoms with Gasteiger partial charge >= 0.3 is 23.9 Å². The number of hydrogen-bond donors (Lipinski definition) is 1. The average molecular weight is 979 g/mol. The van der Waals surface area contributed by atoms with Gasteiger partial charge in [0.1, 0.15) is 37.1 Å². The van der Waals surface area contributed by atoms with E-state index in [0.29, 0.717) is 0 Å². The minimum atomic E-state index is -1.76. The smallest absolute Gasteiger partial charge is 0.338 e. The molecule has 0 aromatic heterocycles. The molecule has 15 nitrogen and oxygen atoms in total. The van der Waals surface area contributed by atoms with Crippen LogP contribution in [0.2, 0.25) is 0 Å². The maximum atomic E-state index is 14.3. The zero-order valence-corrected chi connectivity index (χ0v) is 39.1. The van der Waals surface area contributed by atoms with Gasteiger partial charge in [0.05, 0.1) is 48.7 Å². The molecule has 72 heavy (non-hydrogen) atoms. The molecular formula is C57H54O15. The van der Waals surface area contributed by atoms with Crippen LogP contribution in [0, 0.1) is 0 Å². The number of ether oxygens (including phenoxy) is 10. The molecule has 1 N–H and O–H groups in total. The van der Waals surface area contributed by atoms with Gasteiger partial charge in [-0.2, -0.15) is 0 Å². The second-order valence-electron chi connectivity index (χ2n) is 16.7. The summed E-state index contributed by atoms with van der Waals surface area (Å²) >= 11 is 0. The first kappa shape index (κ1) is 51.0. The van der Waals surface area contributed by atoms with Gasteiger partial charge in [0.25, 0.3) is 0 Å². The summed E-state index contributed by atoms with van der Waals surface area (Å²) in [5.74, 6) is -3.39. The van der Waals surface area contributed by atoms with Gasteiger partial charge < -0.3 is 52.5 Å². The van der Waals surface area contributed by atoms with E-state index >= 15 is 0 Å². The number of esters is 4. The second-order valence-corrected chi connectivity index (χ2v) is 16.7. The normalized spacial score (nSPS) is 23.7. The Hall–Kier alpha value is -7.34. The van der Waals surface area contributed by atoms with Crippen molar-refractivity contribution >= 4 is 23.9 Å². The molecule has 2 saturated heterocycles. The molecule has 2 aliphatic heterocycles. The monoisotopic (exact) mass is 978 g/mol. The number of aliphatic hydroxyl groups excluding tert-OH is 1. The highest BCUT2D eigenvalue weighted by Gasteiger charge is 2.57. The van der Waals surface area contributed by atoms with Crippen molar-refractivity contribution in [3.8, 4) is 0 Å². The van der Waals surface area contributed by atoms with E-state index < -0.39 is 91.9 Å². The molecule has 2 aliphatic rings. The molecule has 6 aromatic carbocycles. The van der Waals surface area contributed by atoms with Crippen molar-refractivity contribution in [3.05, 3.63) is 228 Å². The van der Waals surface area contributed by atoms with E-state index in [1.165, 1.54) is 42.5 Å². The lowest BCUT2D eigenvalue weighted by atomic mass is 9.95. The molecule has 0 radical (unpaired) electrons. The third-order valence-corrected chi connectivity index (χ3v) is 11.7. The third kappa shape index (κ3) is 13.5. The van der Waals surface area contributed by atoms with Crippen molar-refractivity contribution in [1.29, 1.82) is 0 Å². The van der Waals surface area contributed by atoms with Crippen LogP contribution in [-0.4, -0.2) is 110 Å². The lowest BCUT2D eigenvalue weighted by molar-refractivity contribution is -0.361. The predicted octanol–water partition coefficient (Wildman–Crippen LogP) is 7.72. The largest absolute Gasteiger partial charge is 0.459 e. The maximum absolute atomic E-state index is 14.3. The molecular weight excluding hydrogens is 925 g/mol. The summed E-state index contributed by atoms with van der Waals surface area (Å²) in [6.45, 7) is 3.19. The molecule has 0 spiro atoms. The van der Waals surface area contributed by atoms with Gasteiger partial charge in [0, 0.05) is 0 Å². The van der Waals surface area contributed by atoms with Crippen molar-refractivity contribution in [2.75, 3.05) is 19.8 Å². The summed E-state index contributed by atoms with van der Waals surface area (Å²) in [6.07, 6.45) is -13.2. The summed E-state index contributed by atoms with van der Waals surface area (Å²) < 4.78 is 63.7. The van der Waals surface area contributed by atoms with Crippen LogP contribution in [0.25, 0.3) is 0 Å². The minimum Gasteiger partial charge on any atom is -0.459 e. The van der Waals surface area contributed by atoms with Gasteiger partial charge in [-0.05, 0) is 59.7 Å². The van der Waals surface area contributed by atoms with Crippen LogP contribution in [0.15, 0.2) is 195 Å². The fraction of sp³-hybridized carbons (Fsp3) is 0.263. The number of aliphatic hydroxyl groups is 1. The molecule has 372 valence electrons. The highest BCUT2D eigenvalue weighted by Crippen LogP contribution is 2.36. The second kappa shape index (κ2) is 25.7. The average Bonchev–Trinajstić information content (AvgIpc) is 3.43. The molecule has 0 amide bonds. The number of hydrogen-bond acceptors (Lipinski definition) is 15. The van der Waals surface area contributed by atoms with Crippen LogP contribution in [-0.2, 0) is 60.6 Å². The van der Waals surface area contributed by atoms with Crippen LogP contribution in [0.4, 0.5) is 0 Å². The van der Waals surface area contributed by atoms with Gasteiger partial charge in [-0.15, -0.1) is 6.58 Å². The topological polar surface area (TPSA) is 181 Å². The SMILES string of the molecule is C=CCO[C@@H]1[C@@H](OCc2ccccc2)[C@@H](O)O[C@H](COCc2ccccc2)[C@H]1O[C@@H]1O[C@H](COC(=O)c2ccccc2)[C@@H](OC(=O)c2ccccc2)[C@H](OC(=O)c2ccccc2)[C@H]1OC(=O)c1ccccc1. The van der Waals surface area contributed by atoms with Gasteiger partial charge in [-0.1, -0.05) is 140 Å². The molecule has 15 heteroatoms. The van der Waals surface area contributed by atoms with Crippen molar-refractivity contribution < 1.29 is 71.7 Å². The quantitative estimate of drug-likeness (QED) is 0.0420. The molecule has 2 heterocycles. The Morgan fingerprint density at radius 1 is 0.458 bits per heavy atom. The first-order chi connectivity index (χ1) is 35.2. The van der Waals surface area contributed by atoms with E-state index in [-0.39, 0.29) is 48.7 Å². The number of carbonyl (C=O) groups excluding carboxylic acids is 4. The van der Waals surface area contributed by atoms with Gasteiger partial charge in [-0.3, -0.25) is 0 Å². The Morgan fingerprint density at radius 2 is 0.889 bits per heavy atom. The third-order valence-electron chi connectivity index (χ3n) is 11.7. The number of benzene rings is 6. The first-order valence-corrected chi connectivity index (χ1v) is 23.4. The fourth-order valence-electron chi connectivity index (χ4n) is 8.17. The van der Waals surface area contributed by atoms with E-state index in [4.69, 9.17) is 47.4 Å². The molecule has 0 bridgehead atoms. The standard InChI is InChI=1S/C57H54O15/c1-2-33-64-48-46(44(36-63-34-38-21-9-3-10-22-38)67-56(62)50(48)65-35-39-23-11-4-12-24-39)72-57-51(71-55(61)43-31-19-8-20-32-43)49(70-54(60)42-29-17-7-18-30-42)47(69-53(59)41-27-15-6-16-28-41)45(68-57)37-66-52(58)40-25-13-5-14-26-40/h2-32,44-51,56-57,62H,1,33-37H2/t44-,45-,46-,47-,48+,49+,50-,51-,56+,57+/m1/s1. The van der Waals surface area contributed by atoms with Crippen molar-refractivity contribution in [2.45, 2.75) is 74.6 Å². The predicted molar refractivity (Wildman–Crippen MR) is 259 cm³/mol. The molecule has 0 saturated carbocycles. The Bertz CT molecular complexity index is 2640. The Labute approximate surface area is 416 Å². The van der Waals surface area contributed by atoms with Crippen LogP contribution in [0.3, 0.4) is 0 Å². The van der Waals surface area contributed by atoms with E-state index in [0.717, 1.165) is 11.1 Å². The molecule has 0 unspecified atom stereocenters. The highest BCUT2D eigenvalue weighted by molar-refractivity contribution is 5.91. The lowest BCUT2D eigenvalue weighted by Gasteiger charge is -2.48. The summed E-state index contributed by atoms with van der Waals surface area (Å²) in [5, 5.41) is 11.7. The lowest BCUT2D eigenvalue weighted by Crippen LogP contribution is -2.67. The molecule has 8 rings (SSSR count). The summed E-state index contributed by atoms with van der Waals surface area (Å²) in [5.41, 5.74) is 2.19. The van der Waals surface area contributed by atoms with Crippen LogP contribution >= 0.6 is 0 Å². The van der Waals surface area contributed by atoms with E-state index in [9.17, 15) is 24.3 Å². The first-order valence-electron chi connectivity index (χ1n) is 23.4. The van der Waals surface area contributed by atoms with Crippen LogP contribution < -0.4 is 0 Å². The van der Waals surface area contributed by atoms with E-state index in [1.54, 1.807) is 84.9 Å². The number of carbonyl (C=O) groups is 4. The van der Waals surface area contributed by atoms with Gasteiger partial charge in [0.15, 0.2) is 30.9 Å². The fourth-order valence-corrected chi connectivity index (χ4v) is 8.17. The molecule has 6 aromatic rings. The molecule has 10 atom stereocenters. The van der Waals surface area contributed by atoms with Gasteiger partial charge in [-0.25, -0.2) is 19.2 Å². The van der Waals surface area contributed by atoms with Crippen molar-refractivity contribution in [3.63, 3.8) is 0 Å². The maximum Gasteiger partial charge on any atom is 0.338 e. The number of rotatable bonds is 21. The van der Waals surface area contributed by atoms with E-state index in [1.807, 2.05) is 60.7 Å².